The Bertz CT molecular complexity index is 77.0. The molecule has 0 nitrogen and oxygen atoms in total. The van der Waals surface area contributed by atoms with Crippen LogP contribution in [0.3, 0.4) is 0 Å². The summed E-state index contributed by atoms with van der Waals surface area (Å²) in [5, 5.41) is 0. The summed E-state index contributed by atoms with van der Waals surface area (Å²) in [6.07, 6.45) is 0. The van der Waals surface area contributed by atoms with Gasteiger partial charge in [0.2, 0.25) is 0 Å². The third kappa shape index (κ3) is 2.42. The molecule has 56 valence electrons. The van der Waals surface area contributed by atoms with Crippen molar-refractivity contribution in [1.29, 1.82) is 0 Å². The lowest BCUT2D eigenvalue weighted by Crippen LogP contribution is -2.27. The molecule has 0 aliphatic rings. The average Bonchev–Trinajstić information content (AvgIpc) is 1.86. The maximum absolute atomic E-state index is 3.89. The van der Waals surface area contributed by atoms with Crippen LogP contribution >= 0.6 is 15.3 Å². The molecule has 0 aliphatic carbocycles. The van der Waals surface area contributed by atoms with Gasteiger partial charge in [-0.05, 0) is 5.54 Å². The first-order valence-corrected chi connectivity index (χ1v) is 8.50. The molecule has 0 atom stereocenters. The first kappa shape index (κ1) is 9.70. The average molecular weight is 209 g/mol. The summed E-state index contributed by atoms with van der Waals surface area (Å²) in [4.78, 5) is 0. The van der Waals surface area contributed by atoms with Crippen LogP contribution in [0.1, 0.15) is 27.7 Å². The zero-order valence-electron chi connectivity index (χ0n) is 6.87. The Labute approximate surface area is 67.6 Å². The second-order valence-electron chi connectivity index (χ2n) is 2.90. The van der Waals surface area contributed by atoms with Gasteiger partial charge in [0.1, 0.15) is 6.69 Å². The van der Waals surface area contributed by atoms with Crippen LogP contribution in [-0.4, -0.2) is 6.69 Å². The highest BCUT2D eigenvalue weighted by molar-refractivity contribution is 9.26. The van der Waals surface area contributed by atoms with Crippen LogP contribution in [0, 0.1) is 0 Å². The van der Waals surface area contributed by atoms with E-state index < -0.39 is 6.69 Å². The highest BCUT2D eigenvalue weighted by Gasteiger charge is 2.28. The van der Waals surface area contributed by atoms with Gasteiger partial charge in [0.15, 0.2) is 0 Å². The molecule has 2 heteroatoms. The topological polar surface area (TPSA) is 0 Å². The molecule has 0 unspecified atom stereocenters. The lowest BCUT2D eigenvalue weighted by molar-refractivity contribution is 0.996. The monoisotopic (exact) mass is 208 g/mol. The molecule has 0 radical (unpaired) electrons. The Morgan fingerprint density at radius 2 is 1.56 bits per heavy atom. The minimum Gasteiger partial charge on any atom is -0.126 e. The van der Waals surface area contributed by atoms with Crippen LogP contribution in [0.4, 0.5) is 0 Å². The highest BCUT2D eigenvalue weighted by Crippen LogP contribution is 2.34. The summed E-state index contributed by atoms with van der Waals surface area (Å²) in [5.41, 5.74) is 0.882. The molecule has 9 heavy (non-hydrogen) atoms. The van der Waals surface area contributed by atoms with E-state index in [0.717, 1.165) is 5.54 Å². The fraction of sp³-hybridized carbons (Fsp3) is 1.00. The van der Waals surface area contributed by atoms with E-state index in [4.69, 9.17) is 0 Å². The van der Waals surface area contributed by atoms with Gasteiger partial charge in [-0.2, -0.15) is 0 Å². The molecule has 0 saturated carbocycles. The summed E-state index contributed by atoms with van der Waals surface area (Å²) in [5.74, 6) is 0. The van der Waals surface area contributed by atoms with Crippen molar-refractivity contribution in [3.8, 4) is 0 Å². The second kappa shape index (κ2) is 3.77. The number of halogens is 1. The molecule has 0 aromatic heterocycles. The van der Waals surface area contributed by atoms with E-state index in [2.05, 4.69) is 43.0 Å². The highest BCUT2D eigenvalue weighted by atomic mass is 79.9. The molecule has 0 amide bonds. The van der Waals surface area contributed by atoms with Gasteiger partial charge in [-0.15, -0.1) is 15.3 Å². The Morgan fingerprint density at radius 3 is 1.56 bits per heavy atom. The smallest absolute Gasteiger partial charge is 0.126 e. The van der Waals surface area contributed by atoms with E-state index >= 15 is 0 Å². The molecular formula is C7H17BrSi. The zero-order valence-corrected chi connectivity index (χ0v) is 9.46. The SMILES string of the molecule is CC[Si](Br)(CC)C(C)C. The van der Waals surface area contributed by atoms with E-state index in [-0.39, 0.29) is 0 Å². The van der Waals surface area contributed by atoms with Crippen LogP contribution in [0.25, 0.3) is 0 Å². The minimum atomic E-state index is -0.962. The molecule has 0 fully saturated rings. The van der Waals surface area contributed by atoms with E-state index in [1.54, 1.807) is 0 Å². The van der Waals surface area contributed by atoms with Crippen molar-refractivity contribution in [2.24, 2.45) is 0 Å². The summed E-state index contributed by atoms with van der Waals surface area (Å²) in [6.45, 7) is 8.28. The Balaban J connectivity index is 3.92. The largest absolute Gasteiger partial charge is 0.132 e. The molecular weight excluding hydrogens is 192 g/mol. The first-order valence-electron chi connectivity index (χ1n) is 3.75. The first-order chi connectivity index (χ1) is 4.06. The van der Waals surface area contributed by atoms with Gasteiger partial charge in [0.25, 0.3) is 0 Å². The predicted molar refractivity (Wildman–Crippen MR) is 50.7 cm³/mol. The summed E-state index contributed by atoms with van der Waals surface area (Å²) in [7, 11) is 0. The molecule has 0 aromatic carbocycles. The third-order valence-corrected chi connectivity index (χ3v) is 12.7. The molecule has 0 spiro atoms. The van der Waals surface area contributed by atoms with E-state index in [9.17, 15) is 0 Å². The van der Waals surface area contributed by atoms with Crippen LogP contribution in [-0.2, 0) is 0 Å². The Hall–Kier alpha value is 0.697. The van der Waals surface area contributed by atoms with Gasteiger partial charge >= 0.3 is 0 Å². The fourth-order valence-electron chi connectivity index (χ4n) is 1.07. The van der Waals surface area contributed by atoms with Crippen LogP contribution in [0.15, 0.2) is 0 Å². The quantitative estimate of drug-likeness (QED) is 0.490. The van der Waals surface area contributed by atoms with E-state index in [0.29, 0.717) is 0 Å². The number of hydrogen-bond acceptors (Lipinski definition) is 0. The zero-order chi connectivity index (χ0) is 7.49. The molecule has 0 aromatic rings. The lowest BCUT2D eigenvalue weighted by Gasteiger charge is -2.25. The lowest BCUT2D eigenvalue weighted by atomic mass is 10.6. The standard InChI is InChI=1S/C7H17BrSi/c1-5-9(8,6-2)7(3)4/h7H,5-6H2,1-4H3. The molecule has 0 heterocycles. The third-order valence-electron chi connectivity index (χ3n) is 2.21. The van der Waals surface area contributed by atoms with Gasteiger partial charge in [-0.1, -0.05) is 39.8 Å². The van der Waals surface area contributed by atoms with Gasteiger partial charge < -0.3 is 0 Å². The maximum Gasteiger partial charge on any atom is 0.132 e. The molecule has 0 N–H and O–H groups in total. The minimum absolute atomic E-state index is 0.882. The van der Waals surface area contributed by atoms with Crippen molar-refractivity contribution in [2.75, 3.05) is 0 Å². The maximum atomic E-state index is 3.89. The van der Waals surface area contributed by atoms with Gasteiger partial charge in [-0.25, -0.2) is 0 Å². The second-order valence-corrected chi connectivity index (χ2v) is 12.3. The molecule has 0 rings (SSSR count). The molecule has 0 saturated heterocycles. The van der Waals surface area contributed by atoms with Crippen molar-refractivity contribution in [1.82, 2.24) is 0 Å². The normalized spacial score (nSPS) is 12.7. The van der Waals surface area contributed by atoms with E-state index in [1.807, 2.05) is 0 Å². The van der Waals surface area contributed by atoms with Crippen molar-refractivity contribution < 1.29 is 0 Å². The summed E-state index contributed by atoms with van der Waals surface area (Å²) >= 11 is 3.89. The van der Waals surface area contributed by atoms with Gasteiger partial charge in [0, 0.05) is 0 Å². The van der Waals surface area contributed by atoms with Gasteiger partial charge in [-0.3, -0.25) is 0 Å². The van der Waals surface area contributed by atoms with Crippen molar-refractivity contribution >= 4 is 22.0 Å². The van der Waals surface area contributed by atoms with Crippen molar-refractivity contribution in [3.05, 3.63) is 0 Å². The summed E-state index contributed by atoms with van der Waals surface area (Å²) in [6, 6.07) is 2.72. The Morgan fingerprint density at radius 1 is 1.22 bits per heavy atom. The molecule has 0 aliphatic heterocycles. The van der Waals surface area contributed by atoms with Crippen molar-refractivity contribution in [3.63, 3.8) is 0 Å². The number of rotatable bonds is 3. The predicted octanol–water partition coefficient (Wildman–Crippen LogP) is 3.78. The van der Waals surface area contributed by atoms with Crippen LogP contribution in [0.5, 0.6) is 0 Å². The summed E-state index contributed by atoms with van der Waals surface area (Å²) < 4.78 is 0. The van der Waals surface area contributed by atoms with Crippen LogP contribution < -0.4 is 0 Å². The van der Waals surface area contributed by atoms with Crippen molar-refractivity contribution in [2.45, 2.75) is 45.3 Å². The van der Waals surface area contributed by atoms with Crippen LogP contribution in [0.2, 0.25) is 17.6 Å². The Kier molecular flexibility index (Phi) is 4.06. The fourth-order valence-corrected chi connectivity index (χ4v) is 3.20. The molecule has 0 bridgehead atoms. The van der Waals surface area contributed by atoms with E-state index in [1.165, 1.54) is 12.1 Å². The van der Waals surface area contributed by atoms with Gasteiger partial charge in [0.05, 0.1) is 0 Å². The number of hydrogen-bond donors (Lipinski definition) is 0.